The fourth-order valence-corrected chi connectivity index (χ4v) is 2.64. The molecule has 0 unspecified atom stereocenters. The first-order valence-corrected chi connectivity index (χ1v) is 9.12. The second-order valence-electron chi connectivity index (χ2n) is 7.49. The molecule has 160 valence electrons. The third-order valence-corrected chi connectivity index (χ3v) is 4.01. The number of oxime groups is 1. The molecule has 0 atom stereocenters. The molecule has 1 heterocycles. The Hall–Kier alpha value is -3.62. The Kier molecular flexibility index (Phi) is 6.99. The Morgan fingerprint density at radius 3 is 2.53 bits per heavy atom. The van der Waals surface area contributed by atoms with Crippen molar-refractivity contribution in [3.8, 4) is 16.9 Å². The minimum absolute atomic E-state index is 0.101. The first kappa shape index (κ1) is 22.7. The van der Waals surface area contributed by atoms with Crippen molar-refractivity contribution in [1.82, 2.24) is 10.3 Å². The van der Waals surface area contributed by atoms with Crippen LogP contribution in [0.1, 0.15) is 49.3 Å². The van der Waals surface area contributed by atoms with Gasteiger partial charge in [-0.2, -0.15) is 0 Å². The molecule has 0 aliphatic rings. The van der Waals surface area contributed by atoms with E-state index in [4.69, 9.17) is 14.7 Å². The molecule has 3 N–H and O–H groups in total. The van der Waals surface area contributed by atoms with Gasteiger partial charge in [0, 0.05) is 17.3 Å². The lowest BCUT2D eigenvalue weighted by atomic mass is 9.96. The van der Waals surface area contributed by atoms with Crippen LogP contribution in [0.2, 0.25) is 0 Å². The van der Waals surface area contributed by atoms with Gasteiger partial charge in [-0.25, -0.2) is 9.59 Å². The summed E-state index contributed by atoms with van der Waals surface area (Å²) in [6.07, 6.45) is 0.931. The largest absolute Gasteiger partial charge is 0.507 e. The molecule has 2 rings (SSSR count). The van der Waals surface area contributed by atoms with Crippen LogP contribution < -0.4 is 5.32 Å². The number of carbonyl (C=O) groups is 2. The summed E-state index contributed by atoms with van der Waals surface area (Å²) < 4.78 is 9.96. The van der Waals surface area contributed by atoms with Gasteiger partial charge in [0.2, 0.25) is 0 Å². The Morgan fingerprint density at radius 1 is 1.23 bits per heavy atom. The number of esters is 1. The predicted molar refractivity (Wildman–Crippen MR) is 110 cm³/mol. The maximum atomic E-state index is 12.0. The van der Waals surface area contributed by atoms with Gasteiger partial charge in [0.1, 0.15) is 11.4 Å². The van der Waals surface area contributed by atoms with Crippen molar-refractivity contribution in [3.05, 3.63) is 47.3 Å². The van der Waals surface area contributed by atoms with E-state index in [1.54, 1.807) is 32.9 Å². The summed E-state index contributed by atoms with van der Waals surface area (Å²) in [5.41, 5.74) is 1.23. The average Bonchev–Trinajstić information content (AvgIpc) is 2.70. The van der Waals surface area contributed by atoms with E-state index < -0.39 is 17.7 Å². The number of benzene rings is 1. The molecule has 0 saturated heterocycles. The summed E-state index contributed by atoms with van der Waals surface area (Å²) in [7, 11) is 1.24. The van der Waals surface area contributed by atoms with Gasteiger partial charge in [0.25, 0.3) is 0 Å². The van der Waals surface area contributed by atoms with Crippen molar-refractivity contribution in [3.63, 3.8) is 0 Å². The van der Waals surface area contributed by atoms with Crippen molar-refractivity contribution in [2.24, 2.45) is 5.16 Å². The lowest BCUT2D eigenvalue weighted by Crippen LogP contribution is -2.32. The van der Waals surface area contributed by atoms with Gasteiger partial charge in [-0.05, 0) is 57.5 Å². The molecule has 1 amide bonds. The number of methoxy groups -OCH3 is 1. The maximum absolute atomic E-state index is 12.0. The van der Waals surface area contributed by atoms with Crippen LogP contribution in [0.3, 0.4) is 0 Å². The summed E-state index contributed by atoms with van der Waals surface area (Å²) >= 11 is 0. The molecule has 0 aliphatic carbocycles. The van der Waals surface area contributed by atoms with Crippen LogP contribution in [0, 0.1) is 0 Å². The van der Waals surface area contributed by atoms with Crippen LogP contribution in [-0.4, -0.2) is 45.8 Å². The zero-order valence-electron chi connectivity index (χ0n) is 17.5. The minimum Gasteiger partial charge on any atom is -0.507 e. The van der Waals surface area contributed by atoms with Gasteiger partial charge in [0.05, 0.1) is 30.6 Å². The Balaban J connectivity index is 2.40. The van der Waals surface area contributed by atoms with Crippen molar-refractivity contribution >= 4 is 17.8 Å². The van der Waals surface area contributed by atoms with Crippen LogP contribution in [0.25, 0.3) is 11.1 Å². The zero-order chi connectivity index (χ0) is 22.5. The molecule has 0 bridgehead atoms. The number of hydrogen-bond acceptors (Lipinski definition) is 8. The van der Waals surface area contributed by atoms with E-state index in [0.29, 0.717) is 16.8 Å². The first-order chi connectivity index (χ1) is 14.1. The third-order valence-electron chi connectivity index (χ3n) is 4.01. The summed E-state index contributed by atoms with van der Waals surface area (Å²) in [6.45, 7) is 6.88. The van der Waals surface area contributed by atoms with Gasteiger partial charge in [-0.1, -0.05) is 5.16 Å². The molecular weight excluding hydrogens is 390 g/mol. The molecule has 0 spiro atoms. The highest BCUT2D eigenvalue weighted by molar-refractivity contribution is 6.05. The number of amides is 1. The molecule has 2 aromatic rings. The second kappa shape index (κ2) is 9.25. The van der Waals surface area contributed by atoms with Crippen molar-refractivity contribution in [1.29, 1.82) is 0 Å². The Bertz CT molecular complexity index is 979. The number of carbonyl (C=O) groups excluding carboxylic acids is 2. The molecular formula is C21H25N3O6. The molecule has 0 fully saturated rings. The minimum atomic E-state index is -0.623. The lowest BCUT2D eigenvalue weighted by Gasteiger charge is -2.19. The number of rotatable bonds is 5. The Morgan fingerprint density at radius 2 is 1.93 bits per heavy atom. The van der Waals surface area contributed by atoms with E-state index in [-0.39, 0.29) is 29.1 Å². The smallest absolute Gasteiger partial charge is 0.407 e. The van der Waals surface area contributed by atoms with E-state index in [1.807, 2.05) is 0 Å². The predicted octanol–water partition coefficient (Wildman–Crippen LogP) is 3.46. The van der Waals surface area contributed by atoms with Crippen LogP contribution in [-0.2, 0) is 16.0 Å². The number of pyridine rings is 1. The molecule has 9 nitrogen and oxygen atoms in total. The molecule has 0 saturated carbocycles. The fourth-order valence-electron chi connectivity index (χ4n) is 2.64. The normalized spacial score (nSPS) is 11.7. The number of aromatic hydroxyl groups is 1. The molecule has 1 aromatic carbocycles. The molecule has 30 heavy (non-hydrogen) atoms. The van der Waals surface area contributed by atoms with Crippen molar-refractivity contribution in [2.45, 2.75) is 39.8 Å². The number of ether oxygens (including phenoxy) is 2. The number of nitrogens with one attached hydrogen (secondary N) is 1. The van der Waals surface area contributed by atoms with Gasteiger partial charge in [0.15, 0.2) is 0 Å². The third kappa shape index (κ3) is 5.69. The van der Waals surface area contributed by atoms with Crippen LogP contribution >= 0.6 is 0 Å². The van der Waals surface area contributed by atoms with Gasteiger partial charge in [-0.3, -0.25) is 4.98 Å². The second-order valence-corrected chi connectivity index (χ2v) is 7.49. The standard InChI is InChI=1S/C21H25N3O6/c1-12(24-28)16-9-14(19(26)29-5)10-17(18(16)25)13-6-7-22-15(8-13)11-23-20(27)30-21(2,3)4/h6-10,25,28H,11H2,1-5H3,(H,23,27)/b24-12+. The number of nitrogens with zero attached hydrogens (tertiary/aromatic N) is 2. The van der Waals surface area contributed by atoms with Gasteiger partial charge in [-0.15, -0.1) is 0 Å². The van der Waals surface area contributed by atoms with E-state index in [1.165, 1.54) is 32.4 Å². The summed E-state index contributed by atoms with van der Waals surface area (Å²) in [5.74, 6) is -0.778. The highest BCUT2D eigenvalue weighted by Gasteiger charge is 2.19. The number of phenols is 1. The van der Waals surface area contributed by atoms with Crippen molar-refractivity contribution in [2.75, 3.05) is 7.11 Å². The van der Waals surface area contributed by atoms with E-state index >= 15 is 0 Å². The van der Waals surface area contributed by atoms with Gasteiger partial charge < -0.3 is 25.1 Å². The maximum Gasteiger partial charge on any atom is 0.407 e. The molecule has 9 heteroatoms. The van der Waals surface area contributed by atoms with E-state index in [2.05, 4.69) is 15.5 Å². The highest BCUT2D eigenvalue weighted by Crippen LogP contribution is 2.34. The number of aromatic nitrogens is 1. The SMILES string of the molecule is COC(=O)c1cc(/C(C)=N/O)c(O)c(-c2ccnc(CNC(=O)OC(C)(C)C)c2)c1. The topological polar surface area (TPSA) is 130 Å². The zero-order valence-corrected chi connectivity index (χ0v) is 17.5. The highest BCUT2D eigenvalue weighted by atomic mass is 16.6. The number of phenolic OH excluding ortho intramolecular Hbond substituents is 1. The Labute approximate surface area is 174 Å². The van der Waals surface area contributed by atoms with Crippen LogP contribution in [0.15, 0.2) is 35.6 Å². The average molecular weight is 415 g/mol. The fraction of sp³-hybridized carbons (Fsp3) is 0.333. The molecule has 0 radical (unpaired) electrons. The monoisotopic (exact) mass is 415 g/mol. The number of hydrogen-bond donors (Lipinski definition) is 3. The quantitative estimate of drug-likeness (QED) is 0.295. The first-order valence-electron chi connectivity index (χ1n) is 9.12. The molecule has 0 aliphatic heterocycles. The summed E-state index contributed by atoms with van der Waals surface area (Å²) in [6, 6.07) is 6.15. The summed E-state index contributed by atoms with van der Waals surface area (Å²) in [5, 5.41) is 25.5. The molecule has 1 aromatic heterocycles. The summed E-state index contributed by atoms with van der Waals surface area (Å²) in [4.78, 5) is 28.1. The number of alkyl carbamates (subject to hydrolysis) is 1. The van der Waals surface area contributed by atoms with E-state index in [9.17, 15) is 14.7 Å². The van der Waals surface area contributed by atoms with Crippen molar-refractivity contribution < 1.29 is 29.4 Å². The van der Waals surface area contributed by atoms with Crippen LogP contribution in [0.5, 0.6) is 5.75 Å². The van der Waals surface area contributed by atoms with Crippen LogP contribution in [0.4, 0.5) is 4.79 Å². The van der Waals surface area contributed by atoms with Gasteiger partial charge >= 0.3 is 12.1 Å². The van der Waals surface area contributed by atoms with E-state index in [0.717, 1.165) is 0 Å². The lowest BCUT2D eigenvalue weighted by molar-refractivity contribution is 0.0521.